The van der Waals surface area contributed by atoms with Crippen molar-refractivity contribution < 1.29 is 8.42 Å². The number of thiophene rings is 1. The zero-order valence-electron chi connectivity index (χ0n) is 14.4. The van der Waals surface area contributed by atoms with Crippen LogP contribution in [-0.2, 0) is 10.2 Å². The molecule has 0 aromatic carbocycles. The van der Waals surface area contributed by atoms with E-state index in [9.17, 15) is 8.42 Å². The highest BCUT2D eigenvalue weighted by atomic mass is 32.2. The van der Waals surface area contributed by atoms with E-state index in [0.717, 1.165) is 25.9 Å². The van der Waals surface area contributed by atoms with Crippen molar-refractivity contribution in [2.24, 2.45) is 5.92 Å². The van der Waals surface area contributed by atoms with Gasteiger partial charge in [0.15, 0.2) is 0 Å². The number of piperidine rings is 1. The van der Waals surface area contributed by atoms with Crippen molar-refractivity contribution in [3.8, 4) is 0 Å². The first-order valence-corrected chi connectivity index (χ1v) is 10.9. The third-order valence-electron chi connectivity index (χ3n) is 4.60. The molecule has 23 heavy (non-hydrogen) atoms. The average Bonchev–Trinajstić information content (AvgIpc) is 3.05. The van der Waals surface area contributed by atoms with Crippen molar-refractivity contribution in [1.29, 1.82) is 0 Å². The second-order valence-electron chi connectivity index (χ2n) is 6.25. The van der Waals surface area contributed by atoms with Crippen LogP contribution in [0.3, 0.4) is 0 Å². The van der Waals surface area contributed by atoms with Gasteiger partial charge in [-0.2, -0.15) is 24.1 Å². The minimum Gasteiger partial charge on any atom is -0.296 e. The first-order chi connectivity index (χ1) is 11.0. The van der Waals surface area contributed by atoms with Gasteiger partial charge >= 0.3 is 0 Å². The van der Waals surface area contributed by atoms with Crippen molar-refractivity contribution in [1.82, 2.24) is 13.9 Å². The van der Waals surface area contributed by atoms with Crippen LogP contribution in [0.1, 0.15) is 45.2 Å². The number of hydrogen-bond acceptors (Lipinski definition) is 4. The molecule has 0 radical (unpaired) electrons. The fraction of sp³-hybridized carbons (Fsp3) is 0.750. The van der Waals surface area contributed by atoms with Crippen LogP contribution in [0.15, 0.2) is 16.8 Å². The van der Waals surface area contributed by atoms with Gasteiger partial charge in [-0.15, -0.1) is 0 Å². The molecule has 7 heteroatoms. The quantitative estimate of drug-likeness (QED) is 0.776. The molecule has 2 heterocycles. The summed E-state index contributed by atoms with van der Waals surface area (Å²) >= 11 is 1.65. The van der Waals surface area contributed by atoms with E-state index in [2.05, 4.69) is 41.8 Å². The number of rotatable bonds is 8. The molecule has 0 saturated carbocycles. The zero-order valence-corrected chi connectivity index (χ0v) is 16.0. The second-order valence-corrected chi connectivity index (χ2v) is 8.79. The third kappa shape index (κ3) is 5.00. The van der Waals surface area contributed by atoms with Crippen LogP contribution >= 0.6 is 11.3 Å². The molecule has 1 aromatic heterocycles. The maximum Gasteiger partial charge on any atom is 0.279 e. The van der Waals surface area contributed by atoms with Crippen LogP contribution in [0.5, 0.6) is 0 Å². The summed E-state index contributed by atoms with van der Waals surface area (Å²) in [5, 5.41) is 4.16. The van der Waals surface area contributed by atoms with Crippen LogP contribution in [0.25, 0.3) is 0 Å². The van der Waals surface area contributed by atoms with E-state index in [1.807, 2.05) is 5.38 Å². The van der Waals surface area contributed by atoms with E-state index < -0.39 is 10.2 Å². The van der Waals surface area contributed by atoms with Crippen LogP contribution in [0, 0.1) is 5.92 Å². The van der Waals surface area contributed by atoms with Gasteiger partial charge in [-0.05, 0) is 54.2 Å². The van der Waals surface area contributed by atoms with Gasteiger partial charge in [0.2, 0.25) is 0 Å². The second kappa shape index (κ2) is 8.58. The van der Waals surface area contributed by atoms with Crippen LogP contribution in [0.4, 0.5) is 0 Å². The van der Waals surface area contributed by atoms with Gasteiger partial charge in [0.1, 0.15) is 0 Å². The Morgan fingerprint density at radius 1 is 1.43 bits per heavy atom. The summed E-state index contributed by atoms with van der Waals surface area (Å²) in [6.45, 7) is 9.83. The van der Waals surface area contributed by atoms with Gasteiger partial charge in [-0.1, -0.05) is 20.8 Å². The summed E-state index contributed by atoms with van der Waals surface area (Å²) in [7, 11) is -3.39. The molecule has 1 fully saturated rings. The molecule has 1 aliphatic rings. The van der Waals surface area contributed by atoms with Crippen molar-refractivity contribution in [2.75, 3.05) is 32.7 Å². The lowest BCUT2D eigenvalue weighted by Crippen LogP contribution is -2.47. The molecule has 2 atom stereocenters. The monoisotopic (exact) mass is 359 g/mol. The third-order valence-corrected chi connectivity index (χ3v) is 6.84. The number of hydrogen-bond donors (Lipinski definition) is 1. The van der Waals surface area contributed by atoms with Gasteiger partial charge in [0.25, 0.3) is 10.2 Å². The van der Waals surface area contributed by atoms with Crippen LogP contribution < -0.4 is 4.72 Å². The zero-order chi connectivity index (χ0) is 16.9. The predicted molar refractivity (Wildman–Crippen MR) is 96.9 cm³/mol. The lowest BCUT2D eigenvalue weighted by Gasteiger charge is -2.33. The van der Waals surface area contributed by atoms with Crippen molar-refractivity contribution in [3.63, 3.8) is 0 Å². The minimum absolute atomic E-state index is 0.0910. The molecule has 0 spiro atoms. The van der Waals surface area contributed by atoms with E-state index in [1.54, 1.807) is 15.6 Å². The Balaban J connectivity index is 2.05. The SMILES string of the molecule is CCN(CC)[C@@H](CNS(=O)(=O)N1CCC[C@H](C)C1)c1ccsc1. The smallest absolute Gasteiger partial charge is 0.279 e. The Bertz CT molecular complexity index is 556. The highest BCUT2D eigenvalue weighted by Crippen LogP contribution is 2.23. The van der Waals surface area contributed by atoms with Gasteiger partial charge < -0.3 is 0 Å². The Morgan fingerprint density at radius 3 is 2.74 bits per heavy atom. The minimum atomic E-state index is -3.39. The summed E-state index contributed by atoms with van der Waals surface area (Å²) in [5.41, 5.74) is 1.19. The Labute approximate surface area is 144 Å². The van der Waals surface area contributed by atoms with Crippen molar-refractivity contribution in [3.05, 3.63) is 22.4 Å². The van der Waals surface area contributed by atoms with Gasteiger partial charge in [0.05, 0.1) is 0 Å². The molecule has 1 N–H and O–H groups in total. The van der Waals surface area contributed by atoms with Crippen LogP contribution in [-0.4, -0.2) is 50.3 Å². The predicted octanol–water partition coefficient (Wildman–Crippen LogP) is 2.70. The maximum absolute atomic E-state index is 12.6. The largest absolute Gasteiger partial charge is 0.296 e. The standard InChI is InChI=1S/C16H29N3O2S2/c1-4-18(5-2)16(15-8-10-22-13-15)11-17-23(20,21)19-9-6-7-14(3)12-19/h8,10,13-14,16-17H,4-7,9,11-12H2,1-3H3/t14-,16-/m0/s1. The molecule has 1 aliphatic heterocycles. The summed E-state index contributed by atoms with van der Waals surface area (Å²) in [6.07, 6.45) is 2.06. The molecule has 0 aliphatic carbocycles. The lowest BCUT2D eigenvalue weighted by atomic mass is 10.0. The molecule has 2 rings (SSSR count). The number of likely N-dealkylation sites (N-methyl/N-ethyl adjacent to an activating group) is 1. The Kier molecular flexibility index (Phi) is 7.03. The molecule has 5 nitrogen and oxygen atoms in total. The summed E-state index contributed by atoms with van der Waals surface area (Å²) < 4.78 is 29.7. The highest BCUT2D eigenvalue weighted by molar-refractivity contribution is 7.87. The fourth-order valence-electron chi connectivity index (χ4n) is 3.23. The highest BCUT2D eigenvalue weighted by Gasteiger charge is 2.28. The van der Waals surface area contributed by atoms with E-state index in [-0.39, 0.29) is 6.04 Å². The molecule has 1 saturated heterocycles. The van der Waals surface area contributed by atoms with E-state index in [0.29, 0.717) is 25.6 Å². The topological polar surface area (TPSA) is 52.7 Å². The van der Waals surface area contributed by atoms with Gasteiger partial charge in [-0.25, -0.2) is 4.72 Å². The normalized spacial score (nSPS) is 21.7. The summed E-state index contributed by atoms with van der Waals surface area (Å²) in [6, 6.07) is 2.18. The molecular weight excluding hydrogens is 330 g/mol. The van der Waals surface area contributed by atoms with Gasteiger partial charge in [0, 0.05) is 25.7 Å². The lowest BCUT2D eigenvalue weighted by molar-refractivity contribution is 0.217. The summed E-state index contributed by atoms with van der Waals surface area (Å²) in [4.78, 5) is 2.30. The Morgan fingerprint density at radius 2 is 2.17 bits per heavy atom. The molecule has 1 aromatic rings. The van der Waals surface area contributed by atoms with Crippen molar-refractivity contribution >= 4 is 21.5 Å². The van der Waals surface area contributed by atoms with Crippen LogP contribution in [0.2, 0.25) is 0 Å². The number of nitrogens with zero attached hydrogens (tertiary/aromatic N) is 2. The number of nitrogens with one attached hydrogen (secondary N) is 1. The first kappa shape index (κ1) is 18.9. The van der Waals surface area contributed by atoms with Crippen molar-refractivity contribution in [2.45, 2.75) is 39.7 Å². The first-order valence-electron chi connectivity index (χ1n) is 8.48. The fourth-order valence-corrected chi connectivity index (χ4v) is 5.31. The molecule has 0 bridgehead atoms. The summed E-state index contributed by atoms with van der Waals surface area (Å²) in [5.74, 6) is 0.441. The van der Waals surface area contributed by atoms with E-state index >= 15 is 0 Å². The Hall–Kier alpha value is -0.470. The van der Waals surface area contributed by atoms with E-state index in [4.69, 9.17) is 0 Å². The molecule has 0 amide bonds. The molecular formula is C16H29N3O2S2. The molecule has 132 valence electrons. The maximum atomic E-state index is 12.6. The average molecular weight is 360 g/mol. The molecule has 0 unspecified atom stereocenters. The van der Waals surface area contributed by atoms with E-state index in [1.165, 1.54) is 5.56 Å². The van der Waals surface area contributed by atoms with Gasteiger partial charge in [-0.3, -0.25) is 4.90 Å².